The summed E-state index contributed by atoms with van der Waals surface area (Å²) in [6.07, 6.45) is 0.788. The topological polar surface area (TPSA) is 61.4 Å². The Labute approximate surface area is 166 Å². The van der Waals surface area contributed by atoms with E-state index in [2.05, 4.69) is 34.9 Å². The normalized spacial score (nSPS) is 11.8. The number of rotatable bonds is 8. The molecule has 2 amide bonds. The fourth-order valence-electron chi connectivity index (χ4n) is 3.36. The molecule has 0 bridgehead atoms. The van der Waals surface area contributed by atoms with Gasteiger partial charge in [0, 0.05) is 12.5 Å². The van der Waals surface area contributed by atoms with Crippen molar-refractivity contribution >= 4 is 6.03 Å². The number of aliphatic hydroxyl groups is 1. The molecule has 0 spiro atoms. The van der Waals surface area contributed by atoms with Crippen molar-refractivity contribution in [3.8, 4) is 0 Å². The van der Waals surface area contributed by atoms with Crippen molar-refractivity contribution in [2.24, 2.45) is 0 Å². The van der Waals surface area contributed by atoms with E-state index < -0.39 is 6.04 Å². The molecule has 0 aliphatic carbocycles. The van der Waals surface area contributed by atoms with Crippen LogP contribution >= 0.6 is 0 Å². The van der Waals surface area contributed by atoms with Crippen LogP contribution in [0, 0.1) is 0 Å². The highest BCUT2D eigenvalue weighted by Crippen LogP contribution is 2.27. The Morgan fingerprint density at radius 3 is 1.68 bits per heavy atom. The molecule has 0 heterocycles. The fraction of sp³-hybridized carbons (Fsp3) is 0.208. The van der Waals surface area contributed by atoms with Crippen LogP contribution in [0.25, 0.3) is 0 Å². The molecule has 0 radical (unpaired) electrons. The number of aliphatic hydroxyl groups excluding tert-OH is 1. The average Bonchev–Trinajstić information content (AvgIpc) is 2.77. The zero-order valence-electron chi connectivity index (χ0n) is 15.8. The van der Waals surface area contributed by atoms with Crippen molar-refractivity contribution in [3.63, 3.8) is 0 Å². The van der Waals surface area contributed by atoms with Crippen molar-refractivity contribution in [1.29, 1.82) is 0 Å². The highest BCUT2D eigenvalue weighted by Gasteiger charge is 2.16. The Morgan fingerprint density at radius 1 is 0.750 bits per heavy atom. The van der Waals surface area contributed by atoms with Gasteiger partial charge in [0.15, 0.2) is 0 Å². The van der Waals surface area contributed by atoms with E-state index in [1.54, 1.807) is 0 Å². The molecule has 0 aliphatic rings. The maximum absolute atomic E-state index is 12.3. The van der Waals surface area contributed by atoms with E-state index in [1.165, 1.54) is 11.1 Å². The molecule has 4 nitrogen and oxygen atoms in total. The summed E-state index contributed by atoms with van der Waals surface area (Å²) in [4.78, 5) is 12.3. The Bertz CT molecular complexity index is 799. The Balaban J connectivity index is 1.59. The van der Waals surface area contributed by atoms with Crippen molar-refractivity contribution in [2.75, 3.05) is 13.2 Å². The Hall–Kier alpha value is -3.11. The van der Waals surface area contributed by atoms with Crippen molar-refractivity contribution in [3.05, 3.63) is 108 Å². The number of hydrogen-bond acceptors (Lipinski definition) is 2. The second kappa shape index (κ2) is 10.3. The maximum Gasteiger partial charge on any atom is 0.315 e. The van der Waals surface area contributed by atoms with Gasteiger partial charge in [0.2, 0.25) is 0 Å². The lowest BCUT2D eigenvalue weighted by atomic mass is 9.88. The maximum atomic E-state index is 12.3. The second-order valence-electron chi connectivity index (χ2n) is 6.71. The molecule has 3 N–H and O–H groups in total. The van der Waals surface area contributed by atoms with Gasteiger partial charge in [0.1, 0.15) is 0 Å². The van der Waals surface area contributed by atoms with Crippen LogP contribution in [0.1, 0.15) is 35.1 Å². The van der Waals surface area contributed by atoms with Crippen molar-refractivity contribution in [2.45, 2.75) is 18.4 Å². The van der Waals surface area contributed by atoms with Gasteiger partial charge in [0.05, 0.1) is 12.6 Å². The standard InChI is InChI=1S/C24H26N2O2/c27-18-23(21-14-8-3-9-15-21)26-24(28)25-17-16-22(19-10-4-1-5-11-19)20-12-6-2-7-13-20/h1-15,22-23,27H,16-18H2,(H2,25,26,28). The third kappa shape index (κ3) is 5.44. The molecule has 144 valence electrons. The van der Waals surface area contributed by atoms with Gasteiger partial charge in [0.25, 0.3) is 0 Å². The number of carbonyl (C=O) groups excluding carboxylic acids is 1. The van der Waals surface area contributed by atoms with Gasteiger partial charge in [-0.3, -0.25) is 0 Å². The second-order valence-corrected chi connectivity index (χ2v) is 6.71. The lowest BCUT2D eigenvalue weighted by Crippen LogP contribution is -2.39. The van der Waals surface area contributed by atoms with Gasteiger partial charge in [-0.2, -0.15) is 0 Å². The summed E-state index contributed by atoms with van der Waals surface area (Å²) in [6.45, 7) is 0.390. The molecule has 1 unspecified atom stereocenters. The predicted octanol–water partition coefficient (Wildman–Crippen LogP) is 4.24. The van der Waals surface area contributed by atoms with E-state index in [9.17, 15) is 9.90 Å². The van der Waals surface area contributed by atoms with Crippen molar-refractivity contribution < 1.29 is 9.90 Å². The molecule has 0 saturated heterocycles. The van der Waals surface area contributed by atoms with Gasteiger partial charge >= 0.3 is 6.03 Å². The highest BCUT2D eigenvalue weighted by atomic mass is 16.3. The molecule has 28 heavy (non-hydrogen) atoms. The van der Waals surface area contributed by atoms with E-state index in [-0.39, 0.29) is 18.6 Å². The molecule has 0 aromatic heterocycles. The summed E-state index contributed by atoms with van der Waals surface area (Å²) in [5.74, 6) is 0.213. The first-order valence-electron chi connectivity index (χ1n) is 9.58. The lowest BCUT2D eigenvalue weighted by molar-refractivity contribution is 0.217. The van der Waals surface area contributed by atoms with Gasteiger partial charge in [-0.05, 0) is 23.1 Å². The first-order chi connectivity index (χ1) is 13.8. The highest BCUT2D eigenvalue weighted by molar-refractivity contribution is 5.74. The molecule has 0 saturated carbocycles. The van der Waals surface area contributed by atoms with E-state index >= 15 is 0 Å². The van der Waals surface area contributed by atoms with Crippen LogP contribution in [-0.2, 0) is 0 Å². The number of benzene rings is 3. The number of nitrogens with one attached hydrogen (secondary N) is 2. The molecule has 0 aliphatic heterocycles. The van der Waals surface area contributed by atoms with E-state index in [0.29, 0.717) is 6.54 Å². The average molecular weight is 374 g/mol. The van der Waals surface area contributed by atoms with Gasteiger partial charge in [-0.1, -0.05) is 91.0 Å². The molecule has 3 aromatic rings. The summed E-state index contributed by atoms with van der Waals surface area (Å²) >= 11 is 0. The van der Waals surface area contributed by atoms with Gasteiger partial charge in [-0.25, -0.2) is 4.79 Å². The minimum Gasteiger partial charge on any atom is -0.394 e. The monoisotopic (exact) mass is 374 g/mol. The Morgan fingerprint density at radius 2 is 1.21 bits per heavy atom. The molecular formula is C24H26N2O2. The predicted molar refractivity (Wildman–Crippen MR) is 112 cm³/mol. The smallest absolute Gasteiger partial charge is 0.315 e. The first-order valence-corrected chi connectivity index (χ1v) is 9.58. The van der Waals surface area contributed by atoms with Crippen LogP contribution in [0.4, 0.5) is 4.79 Å². The number of carbonyl (C=O) groups is 1. The molecule has 0 fully saturated rings. The first kappa shape index (κ1) is 19.6. The van der Waals surface area contributed by atoms with Crippen LogP contribution in [-0.4, -0.2) is 24.3 Å². The lowest BCUT2D eigenvalue weighted by Gasteiger charge is -2.20. The largest absolute Gasteiger partial charge is 0.394 e. The zero-order chi connectivity index (χ0) is 19.6. The number of hydrogen-bond donors (Lipinski definition) is 3. The van der Waals surface area contributed by atoms with Crippen molar-refractivity contribution in [1.82, 2.24) is 10.6 Å². The fourth-order valence-corrected chi connectivity index (χ4v) is 3.36. The molecule has 1 atom stereocenters. The summed E-state index contributed by atoms with van der Waals surface area (Å²) in [6, 6.07) is 29.4. The van der Waals surface area contributed by atoms with Gasteiger partial charge < -0.3 is 15.7 Å². The van der Waals surface area contributed by atoms with E-state index in [4.69, 9.17) is 0 Å². The SMILES string of the molecule is O=C(NCCC(c1ccccc1)c1ccccc1)NC(CO)c1ccccc1. The van der Waals surface area contributed by atoms with Crippen LogP contribution < -0.4 is 10.6 Å². The minimum atomic E-state index is -0.416. The summed E-state index contributed by atoms with van der Waals surface area (Å²) in [5.41, 5.74) is 3.34. The van der Waals surface area contributed by atoms with Gasteiger partial charge in [-0.15, -0.1) is 0 Å². The summed E-state index contributed by atoms with van der Waals surface area (Å²) < 4.78 is 0. The quantitative estimate of drug-likeness (QED) is 0.552. The Kier molecular flexibility index (Phi) is 7.21. The summed E-state index contributed by atoms with van der Waals surface area (Å²) in [7, 11) is 0. The van der Waals surface area contributed by atoms with Crippen LogP contribution in [0.15, 0.2) is 91.0 Å². The molecule has 4 heteroatoms. The number of urea groups is 1. The molecule has 3 aromatic carbocycles. The number of amides is 2. The molecule has 3 rings (SSSR count). The third-order valence-corrected chi connectivity index (χ3v) is 4.81. The third-order valence-electron chi connectivity index (χ3n) is 4.81. The minimum absolute atomic E-state index is 0.145. The molecular weight excluding hydrogens is 348 g/mol. The van der Waals surface area contributed by atoms with E-state index in [1.807, 2.05) is 66.7 Å². The van der Waals surface area contributed by atoms with E-state index in [0.717, 1.165) is 12.0 Å². The van der Waals surface area contributed by atoms with Crippen LogP contribution in [0.2, 0.25) is 0 Å². The summed E-state index contributed by atoms with van der Waals surface area (Å²) in [5, 5.41) is 15.4. The zero-order valence-corrected chi connectivity index (χ0v) is 15.8. The van der Waals surface area contributed by atoms with Crippen LogP contribution in [0.3, 0.4) is 0 Å². The van der Waals surface area contributed by atoms with Crippen LogP contribution in [0.5, 0.6) is 0 Å².